The molecule has 0 radical (unpaired) electrons. The van der Waals surface area contributed by atoms with Crippen molar-refractivity contribution in [2.45, 2.75) is 25.7 Å². The van der Waals surface area contributed by atoms with E-state index in [1.165, 1.54) is 0 Å². The van der Waals surface area contributed by atoms with E-state index in [1.54, 1.807) is 20.8 Å². The van der Waals surface area contributed by atoms with Crippen molar-refractivity contribution in [3.63, 3.8) is 0 Å². The van der Waals surface area contributed by atoms with Crippen LogP contribution in [0.2, 0.25) is 10.0 Å². The molecule has 0 saturated heterocycles. The molecule has 0 saturated carbocycles. The molecule has 21 heavy (non-hydrogen) atoms. The highest BCUT2D eigenvalue weighted by Crippen LogP contribution is 2.34. The molecule has 0 aliphatic heterocycles. The van der Waals surface area contributed by atoms with Crippen molar-refractivity contribution in [2.24, 2.45) is 10.6 Å². The minimum atomic E-state index is -3.98. The van der Waals surface area contributed by atoms with Crippen LogP contribution in [0.4, 0.5) is 5.69 Å². The first-order valence-electron chi connectivity index (χ1n) is 5.74. The lowest BCUT2D eigenvalue weighted by Crippen LogP contribution is -2.26. The summed E-state index contributed by atoms with van der Waals surface area (Å²) in [6.45, 7) is 5.29. The molecule has 0 unspecified atom stereocenters. The van der Waals surface area contributed by atoms with Gasteiger partial charge in [-0.3, -0.25) is 4.72 Å². The minimum Gasteiger partial charge on any atom is -0.280 e. The van der Waals surface area contributed by atoms with Gasteiger partial charge in [0.2, 0.25) is 20.0 Å². The van der Waals surface area contributed by atoms with Gasteiger partial charge in [-0.05, 0) is 17.5 Å². The van der Waals surface area contributed by atoms with Crippen molar-refractivity contribution in [1.29, 1.82) is 0 Å². The Bertz CT molecular complexity index is 730. The first-order chi connectivity index (χ1) is 9.21. The Morgan fingerprint density at radius 1 is 1.10 bits per heavy atom. The number of hydrogen-bond donors (Lipinski definition) is 2. The van der Waals surface area contributed by atoms with E-state index in [1.807, 2.05) is 0 Å². The van der Waals surface area contributed by atoms with Crippen LogP contribution in [0.5, 0.6) is 0 Å². The van der Waals surface area contributed by atoms with Gasteiger partial charge in [-0.15, -0.1) is 0 Å². The summed E-state index contributed by atoms with van der Waals surface area (Å²) in [5.41, 5.74) is -0.541. The zero-order valence-electron chi connectivity index (χ0n) is 11.6. The van der Waals surface area contributed by atoms with E-state index >= 15 is 0 Å². The zero-order valence-corrected chi connectivity index (χ0v) is 14.8. The first kappa shape index (κ1) is 18.5. The smallest absolute Gasteiger partial charge is 0.238 e. The predicted octanol–water partition coefficient (Wildman–Crippen LogP) is 2.43. The summed E-state index contributed by atoms with van der Waals surface area (Å²) in [4.78, 5) is -0.295. The maximum Gasteiger partial charge on any atom is 0.238 e. The molecule has 0 aromatic heterocycles. The number of nitrogens with two attached hydrogens (primary N) is 1. The maximum absolute atomic E-state index is 12.0. The third-order valence-electron chi connectivity index (χ3n) is 2.22. The highest BCUT2D eigenvalue weighted by Gasteiger charge is 2.24. The number of primary sulfonamides is 1. The summed E-state index contributed by atoms with van der Waals surface area (Å²) < 4.78 is 48.8. The van der Waals surface area contributed by atoms with Gasteiger partial charge in [0, 0.05) is 0 Å². The van der Waals surface area contributed by atoms with E-state index in [9.17, 15) is 16.8 Å². The Labute approximate surface area is 134 Å². The molecule has 0 aliphatic carbocycles. The summed E-state index contributed by atoms with van der Waals surface area (Å²) in [6, 6.07) is 2.08. The molecule has 1 aromatic carbocycles. The first-order valence-corrected chi connectivity index (χ1v) is 9.69. The van der Waals surface area contributed by atoms with Gasteiger partial charge in [-0.1, -0.05) is 44.0 Å². The van der Waals surface area contributed by atoms with E-state index in [0.29, 0.717) is 0 Å². The van der Waals surface area contributed by atoms with Crippen molar-refractivity contribution in [1.82, 2.24) is 0 Å². The second kappa shape index (κ2) is 5.92. The van der Waals surface area contributed by atoms with Crippen molar-refractivity contribution >= 4 is 48.9 Å². The third-order valence-corrected chi connectivity index (χ3v) is 5.47. The molecule has 0 heterocycles. The van der Waals surface area contributed by atoms with Gasteiger partial charge in [0.1, 0.15) is 0 Å². The Morgan fingerprint density at radius 3 is 1.86 bits per heavy atom. The van der Waals surface area contributed by atoms with Gasteiger partial charge in [0.15, 0.2) is 0 Å². The van der Waals surface area contributed by atoms with Crippen LogP contribution < -0.4 is 9.86 Å². The summed E-state index contributed by atoms with van der Waals surface area (Å²) in [6.07, 6.45) is 0. The van der Waals surface area contributed by atoms with E-state index in [0.717, 1.165) is 12.1 Å². The number of rotatable bonds is 4. The molecule has 1 rings (SSSR count). The van der Waals surface area contributed by atoms with Gasteiger partial charge < -0.3 is 0 Å². The number of sulfonamides is 2. The van der Waals surface area contributed by atoms with Gasteiger partial charge in [0.25, 0.3) is 0 Å². The lowest BCUT2D eigenvalue weighted by atomic mass is 10.0. The second-order valence-corrected chi connectivity index (χ2v) is 9.83. The molecule has 0 aliphatic rings. The van der Waals surface area contributed by atoms with Gasteiger partial charge in [0.05, 0.1) is 26.4 Å². The van der Waals surface area contributed by atoms with Crippen molar-refractivity contribution < 1.29 is 16.8 Å². The molecular formula is C11H16Cl2N2O4S2. The van der Waals surface area contributed by atoms with Crippen LogP contribution >= 0.6 is 23.2 Å². The fourth-order valence-electron chi connectivity index (χ4n) is 1.57. The molecule has 0 fully saturated rings. The van der Waals surface area contributed by atoms with Crippen molar-refractivity contribution in [3.05, 3.63) is 22.2 Å². The molecule has 120 valence electrons. The molecule has 0 spiro atoms. The van der Waals surface area contributed by atoms with E-state index in [4.69, 9.17) is 28.3 Å². The molecular weight excluding hydrogens is 359 g/mol. The second-order valence-electron chi connectivity index (χ2n) is 5.73. The number of anilines is 1. The molecule has 6 nitrogen and oxygen atoms in total. The monoisotopic (exact) mass is 374 g/mol. The number of halogens is 2. The average molecular weight is 375 g/mol. The zero-order chi connectivity index (χ0) is 16.6. The fraction of sp³-hybridized carbons (Fsp3) is 0.455. The van der Waals surface area contributed by atoms with Crippen LogP contribution in [0.25, 0.3) is 0 Å². The van der Waals surface area contributed by atoms with Crippen LogP contribution in [0.3, 0.4) is 0 Å². The van der Waals surface area contributed by atoms with E-state index in [-0.39, 0.29) is 26.4 Å². The predicted molar refractivity (Wildman–Crippen MR) is 84.7 cm³/mol. The molecule has 0 bridgehead atoms. The lowest BCUT2D eigenvalue weighted by Gasteiger charge is -2.19. The summed E-state index contributed by atoms with van der Waals surface area (Å²) >= 11 is 11.8. The van der Waals surface area contributed by atoms with Crippen LogP contribution in [-0.2, 0) is 20.0 Å². The Kier molecular flexibility index (Phi) is 5.22. The van der Waals surface area contributed by atoms with E-state index < -0.39 is 25.5 Å². The SMILES string of the molecule is CC(C)(C)CS(=O)(=O)Nc1c(Cl)cc(S(N)(=O)=O)cc1Cl. The molecule has 3 N–H and O–H groups in total. The summed E-state index contributed by atoms with van der Waals surface area (Å²) in [7, 11) is -7.67. The topological polar surface area (TPSA) is 106 Å². The quantitative estimate of drug-likeness (QED) is 0.843. The van der Waals surface area contributed by atoms with Crippen LogP contribution in [0.15, 0.2) is 17.0 Å². The average Bonchev–Trinajstić information content (AvgIpc) is 2.18. The number of nitrogens with one attached hydrogen (secondary N) is 1. The Hall–Kier alpha value is -0.540. The van der Waals surface area contributed by atoms with Gasteiger partial charge in [-0.25, -0.2) is 22.0 Å². The molecule has 0 amide bonds. The van der Waals surface area contributed by atoms with Crippen molar-refractivity contribution in [2.75, 3.05) is 10.5 Å². The summed E-state index contributed by atoms with van der Waals surface area (Å²) in [5.74, 6) is -0.149. The Morgan fingerprint density at radius 2 is 1.52 bits per heavy atom. The number of benzene rings is 1. The van der Waals surface area contributed by atoms with Crippen LogP contribution in [0.1, 0.15) is 20.8 Å². The van der Waals surface area contributed by atoms with Gasteiger partial charge >= 0.3 is 0 Å². The largest absolute Gasteiger partial charge is 0.280 e. The highest BCUT2D eigenvalue weighted by molar-refractivity contribution is 7.92. The van der Waals surface area contributed by atoms with Crippen LogP contribution in [-0.4, -0.2) is 22.6 Å². The third kappa shape index (κ3) is 5.63. The summed E-state index contributed by atoms with van der Waals surface area (Å²) in [5, 5.41) is 4.67. The maximum atomic E-state index is 12.0. The normalized spacial score (nSPS) is 13.2. The fourth-order valence-corrected chi connectivity index (χ4v) is 4.70. The molecule has 10 heteroatoms. The van der Waals surface area contributed by atoms with Gasteiger partial charge in [-0.2, -0.15) is 0 Å². The lowest BCUT2D eigenvalue weighted by molar-refractivity contribution is 0.463. The standard InChI is InChI=1S/C11H16Cl2N2O4S2/c1-11(2,3)6-20(16,17)15-10-8(12)4-7(5-9(10)13)21(14,18)19/h4-5,15H,6H2,1-3H3,(H2,14,18,19). The van der Waals surface area contributed by atoms with E-state index in [2.05, 4.69) is 4.72 Å². The van der Waals surface area contributed by atoms with Crippen LogP contribution in [0, 0.1) is 5.41 Å². The Balaban J connectivity index is 3.23. The minimum absolute atomic E-state index is 0.0741. The highest BCUT2D eigenvalue weighted by atomic mass is 35.5. The van der Waals surface area contributed by atoms with Crippen molar-refractivity contribution in [3.8, 4) is 0 Å². The molecule has 0 atom stereocenters. The number of hydrogen-bond acceptors (Lipinski definition) is 4. The molecule has 1 aromatic rings.